The average molecular weight is 306 g/mol. The Morgan fingerprint density at radius 1 is 1.14 bits per heavy atom. The Hall–Kier alpha value is -2.37. The topological polar surface area (TPSA) is 84.5 Å². The molecule has 6 nitrogen and oxygen atoms in total. The summed E-state index contributed by atoms with van der Waals surface area (Å²) in [6, 6.07) is 9.34. The molecule has 2 N–H and O–H groups in total. The van der Waals surface area contributed by atoms with Crippen LogP contribution in [0, 0.1) is 5.92 Å². The van der Waals surface area contributed by atoms with Gasteiger partial charge >= 0.3 is 5.97 Å². The molecule has 0 aliphatic heterocycles. The van der Waals surface area contributed by atoms with Crippen molar-refractivity contribution >= 4 is 17.8 Å². The summed E-state index contributed by atoms with van der Waals surface area (Å²) in [6.45, 7) is 4.80. The predicted molar refractivity (Wildman–Crippen MR) is 81.6 cm³/mol. The molecule has 0 aliphatic carbocycles. The van der Waals surface area contributed by atoms with E-state index in [1.165, 1.54) is 6.92 Å². The van der Waals surface area contributed by atoms with Crippen molar-refractivity contribution in [3.63, 3.8) is 0 Å². The number of rotatable bonds is 6. The van der Waals surface area contributed by atoms with E-state index in [0.29, 0.717) is 0 Å². The summed E-state index contributed by atoms with van der Waals surface area (Å²) < 4.78 is 5.07. The van der Waals surface area contributed by atoms with Gasteiger partial charge in [0.15, 0.2) is 6.61 Å². The van der Waals surface area contributed by atoms with Crippen LogP contribution in [0.15, 0.2) is 30.3 Å². The van der Waals surface area contributed by atoms with Crippen molar-refractivity contribution in [3.05, 3.63) is 35.9 Å². The molecule has 2 atom stereocenters. The summed E-state index contributed by atoms with van der Waals surface area (Å²) in [5, 5.41) is 0. The normalized spacial score (nSPS) is 12.9. The Kier molecular flexibility index (Phi) is 7.08. The zero-order valence-electron chi connectivity index (χ0n) is 13.1. The minimum Gasteiger partial charge on any atom is -0.455 e. The molecule has 0 heterocycles. The van der Waals surface area contributed by atoms with Crippen molar-refractivity contribution in [2.45, 2.75) is 33.1 Å². The fraction of sp³-hybridized carbons (Fsp3) is 0.438. The van der Waals surface area contributed by atoms with E-state index in [1.54, 1.807) is 0 Å². The molecule has 0 bridgehead atoms. The largest absolute Gasteiger partial charge is 0.455 e. The lowest BCUT2D eigenvalue weighted by molar-refractivity contribution is -0.151. The molecule has 0 spiro atoms. The van der Waals surface area contributed by atoms with E-state index in [4.69, 9.17) is 4.74 Å². The maximum absolute atomic E-state index is 12.3. The Labute approximate surface area is 130 Å². The van der Waals surface area contributed by atoms with Crippen molar-refractivity contribution < 1.29 is 19.1 Å². The van der Waals surface area contributed by atoms with Crippen LogP contribution in [0.5, 0.6) is 0 Å². The van der Waals surface area contributed by atoms with Gasteiger partial charge < -0.3 is 4.74 Å². The van der Waals surface area contributed by atoms with Crippen molar-refractivity contribution in [1.82, 2.24) is 10.9 Å². The number of nitrogens with one attached hydrogen (secondary N) is 2. The van der Waals surface area contributed by atoms with E-state index in [9.17, 15) is 14.4 Å². The molecule has 0 aliphatic rings. The third-order valence-electron chi connectivity index (χ3n) is 3.35. The highest BCUT2D eigenvalue weighted by atomic mass is 16.5. The van der Waals surface area contributed by atoms with Crippen LogP contribution in [0.1, 0.15) is 38.7 Å². The first kappa shape index (κ1) is 17.7. The van der Waals surface area contributed by atoms with E-state index < -0.39 is 30.3 Å². The molecule has 6 heteroatoms. The summed E-state index contributed by atoms with van der Waals surface area (Å²) >= 11 is 0. The van der Waals surface area contributed by atoms with E-state index in [1.807, 2.05) is 44.2 Å². The smallest absolute Gasteiger partial charge is 0.314 e. The third kappa shape index (κ3) is 5.55. The number of benzene rings is 1. The predicted octanol–water partition coefficient (Wildman–Crippen LogP) is 1.53. The summed E-state index contributed by atoms with van der Waals surface area (Å²) in [4.78, 5) is 34.4. The minimum absolute atomic E-state index is 0.0910. The van der Waals surface area contributed by atoms with Gasteiger partial charge in [0, 0.05) is 6.92 Å². The number of ether oxygens (including phenoxy) is 1. The van der Waals surface area contributed by atoms with Crippen molar-refractivity contribution in [2.24, 2.45) is 5.92 Å². The van der Waals surface area contributed by atoms with E-state index in [0.717, 1.165) is 12.0 Å². The number of hydrazine groups is 1. The highest BCUT2D eigenvalue weighted by Gasteiger charge is 2.27. The standard InChI is InChI=1S/C16H22N2O4/c1-4-11(2)15(13-8-6-5-7-9-13)16(21)22-10-14(20)18-17-12(3)19/h5-9,11,15H,4,10H2,1-3H3,(H,17,19)(H,18,20)/t11-,15-/m1/s1. The first-order valence-electron chi connectivity index (χ1n) is 7.22. The minimum atomic E-state index is -0.584. The number of carbonyl (C=O) groups is 3. The van der Waals surface area contributed by atoms with Gasteiger partial charge in [0.2, 0.25) is 5.91 Å². The fourth-order valence-electron chi connectivity index (χ4n) is 2.01. The van der Waals surface area contributed by atoms with E-state index in [-0.39, 0.29) is 5.92 Å². The molecule has 1 aromatic rings. The molecule has 0 saturated heterocycles. The van der Waals surface area contributed by atoms with Crippen LogP contribution in [0.25, 0.3) is 0 Å². The van der Waals surface area contributed by atoms with Crippen LogP contribution < -0.4 is 10.9 Å². The second-order valence-electron chi connectivity index (χ2n) is 5.11. The lowest BCUT2D eigenvalue weighted by Crippen LogP contribution is -2.42. The lowest BCUT2D eigenvalue weighted by Gasteiger charge is -2.21. The molecular weight excluding hydrogens is 284 g/mol. The van der Waals surface area contributed by atoms with Gasteiger partial charge in [-0.25, -0.2) is 0 Å². The number of carbonyl (C=O) groups excluding carboxylic acids is 3. The van der Waals surface area contributed by atoms with Gasteiger partial charge in [-0.05, 0) is 11.5 Å². The molecule has 1 rings (SSSR count). The van der Waals surface area contributed by atoms with Gasteiger partial charge in [-0.2, -0.15) is 0 Å². The van der Waals surface area contributed by atoms with Gasteiger partial charge in [0.1, 0.15) is 0 Å². The second kappa shape index (κ2) is 8.81. The molecule has 2 amide bonds. The quantitative estimate of drug-likeness (QED) is 0.616. The lowest BCUT2D eigenvalue weighted by atomic mass is 9.86. The zero-order chi connectivity index (χ0) is 16.5. The first-order chi connectivity index (χ1) is 10.5. The highest BCUT2D eigenvalue weighted by molar-refractivity contribution is 5.85. The highest BCUT2D eigenvalue weighted by Crippen LogP contribution is 2.28. The Balaban J connectivity index is 2.66. The molecular formula is C16H22N2O4. The molecule has 120 valence electrons. The van der Waals surface area contributed by atoms with Crippen LogP contribution in [0.2, 0.25) is 0 Å². The van der Waals surface area contributed by atoms with Crippen LogP contribution >= 0.6 is 0 Å². The molecule has 0 saturated carbocycles. The van der Waals surface area contributed by atoms with Crippen LogP contribution in [0.4, 0.5) is 0 Å². The molecule has 0 radical (unpaired) electrons. The maximum Gasteiger partial charge on any atom is 0.314 e. The van der Waals surface area contributed by atoms with Crippen molar-refractivity contribution in [1.29, 1.82) is 0 Å². The molecule has 0 unspecified atom stereocenters. The summed E-state index contributed by atoms with van der Waals surface area (Å²) in [5.41, 5.74) is 5.14. The zero-order valence-corrected chi connectivity index (χ0v) is 13.1. The number of esters is 1. The van der Waals surface area contributed by atoms with Gasteiger partial charge in [-0.15, -0.1) is 0 Å². The first-order valence-corrected chi connectivity index (χ1v) is 7.22. The molecule has 1 aromatic carbocycles. The Morgan fingerprint density at radius 2 is 1.77 bits per heavy atom. The second-order valence-corrected chi connectivity index (χ2v) is 5.11. The summed E-state index contributed by atoms with van der Waals surface area (Å²) in [7, 11) is 0. The summed E-state index contributed by atoms with van der Waals surface area (Å²) in [5.74, 6) is -1.76. The summed E-state index contributed by atoms with van der Waals surface area (Å²) in [6.07, 6.45) is 0.812. The monoisotopic (exact) mass is 306 g/mol. The SMILES string of the molecule is CC[C@@H](C)[C@@H](C(=O)OCC(=O)NNC(C)=O)c1ccccc1. The van der Waals surface area contributed by atoms with Crippen molar-refractivity contribution in [2.75, 3.05) is 6.61 Å². The third-order valence-corrected chi connectivity index (χ3v) is 3.35. The van der Waals surface area contributed by atoms with Gasteiger partial charge in [-0.1, -0.05) is 50.6 Å². The molecule has 22 heavy (non-hydrogen) atoms. The fourth-order valence-corrected chi connectivity index (χ4v) is 2.01. The van der Waals surface area contributed by atoms with Crippen LogP contribution in [-0.4, -0.2) is 24.4 Å². The average Bonchev–Trinajstić information content (AvgIpc) is 2.51. The number of hydrogen-bond acceptors (Lipinski definition) is 4. The van der Waals surface area contributed by atoms with E-state index >= 15 is 0 Å². The Morgan fingerprint density at radius 3 is 2.32 bits per heavy atom. The van der Waals surface area contributed by atoms with Gasteiger partial charge in [0.25, 0.3) is 5.91 Å². The van der Waals surface area contributed by atoms with Crippen LogP contribution in [0.3, 0.4) is 0 Å². The number of hydrogen-bond donors (Lipinski definition) is 2. The maximum atomic E-state index is 12.3. The van der Waals surface area contributed by atoms with E-state index in [2.05, 4.69) is 10.9 Å². The van der Waals surface area contributed by atoms with Gasteiger partial charge in [-0.3, -0.25) is 25.2 Å². The molecule has 0 aromatic heterocycles. The van der Waals surface area contributed by atoms with Crippen molar-refractivity contribution in [3.8, 4) is 0 Å². The molecule has 0 fully saturated rings. The Bertz CT molecular complexity index is 516. The van der Waals surface area contributed by atoms with Gasteiger partial charge in [0.05, 0.1) is 5.92 Å². The number of amides is 2. The van der Waals surface area contributed by atoms with Crippen LogP contribution in [-0.2, 0) is 19.1 Å².